The van der Waals surface area contributed by atoms with Crippen LogP contribution in [0.15, 0.2) is 12.1 Å². The molecule has 1 N–H and O–H groups in total. The van der Waals surface area contributed by atoms with Crippen molar-refractivity contribution in [3.8, 4) is 0 Å². The molecule has 1 aromatic heterocycles. The Morgan fingerprint density at radius 1 is 1.42 bits per heavy atom. The molecule has 3 rings (SSSR count). The number of thiophene rings is 1. The molecule has 1 amide bonds. The highest BCUT2D eigenvalue weighted by atomic mass is 32.1. The zero-order chi connectivity index (χ0) is 13.2. The first-order chi connectivity index (χ1) is 9.24. The summed E-state index contributed by atoms with van der Waals surface area (Å²) < 4.78 is 0. The number of aryl methyl sites for hydroxylation is 1. The molecule has 1 saturated carbocycles. The van der Waals surface area contributed by atoms with Crippen LogP contribution in [0, 0.1) is 12.8 Å². The van der Waals surface area contributed by atoms with Gasteiger partial charge in [-0.1, -0.05) is 0 Å². The van der Waals surface area contributed by atoms with Gasteiger partial charge in [0.1, 0.15) is 0 Å². The summed E-state index contributed by atoms with van der Waals surface area (Å²) in [5, 5.41) is 3.14. The molecule has 0 spiro atoms. The zero-order valence-corrected chi connectivity index (χ0v) is 12.3. The maximum Gasteiger partial charge on any atom is 0.237 e. The van der Waals surface area contributed by atoms with Crippen LogP contribution in [0.5, 0.6) is 0 Å². The lowest BCUT2D eigenvalue weighted by Gasteiger charge is -2.26. The number of nitrogens with zero attached hydrogens (tertiary/aromatic N) is 1. The van der Waals surface area contributed by atoms with Gasteiger partial charge in [0, 0.05) is 9.75 Å². The summed E-state index contributed by atoms with van der Waals surface area (Å²) in [4.78, 5) is 17.4. The van der Waals surface area contributed by atoms with Crippen LogP contribution in [0.1, 0.15) is 35.4 Å². The third kappa shape index (κ3) is 3.18. The average molecular weight is 278 g/mol. The predicted molar refractivity (Wildman–Crippen MR) is 78.2 cm³/mol. The van der Waals surface area contributed by atoms with Crippen molar-refractivity contribution in [1.82, 2.24) is 10.2 Å². The molecular formula is C15H22N2OS. The van der Waals surface area contributed by atoms with Crippen LogP contribution in [0.2, 0.25) is 0 Å². The van der Waals surface area contributed by atoms with Gasteiger partial charge in [0.25, 0.3) is 0 Å². The molecule has 2 fully saturated rings. The van der Waals surface area contributed by atoms with Crippen molar-refractivity contribution in [2.24, 2.45) is 5.92 Å². The molecule has 1 saturated heterocycles. The molecule has 2 aliphatic rings. The molecule has 19 heavy (non-hydrogen) atoms. The molecule has 2 heterocycles. The molecule has 0 aromatic carbocycles. The quantitative estimate of drug-likeness (QED) is 0.897. The van der Waals surface area contributed by atoms with Gasteiger partial charge < -0.3 is 5.32 Å². The van der Waals surface area contributed by atoms with Crippen LogP contribution in [-0.4, -0.2) is 29.9 Å². The smallest absolute Gasteiger partial charge is 0.237 e. The highest BCUT2D eigenvalue weighted by Crippen LogP contribution is 2.36. The van der Waals surface area contributed by atoms with E-state index in [2.05, 4.69) is 29.3 Å². The van der Waals surface area contributed by atoms with Crippen molar-refractivity contribution in [2.75, 3.05) is 13.1 Å². The summed E-state index contributed by atoms with van der Waals surface area (Å²) in [6.07, 6.45) is 4.96. The van der Waals surface area contributed by atoms with Crippen molar-refractivity contribution >= 4 is 17.2 Å². The van der Waals surface area contributed by atoms with Gasteiger partial charge in [-0.25, -0.2) is 0 Å². The van der Waals surface area contributed by atoms with Crippen LogP contribution in [0.4, 0.5) is 0 Å². The molecule has 1 aliphatic heterocycles. The molecule has 0 radical (unpaired) electrons. The minimum atomic E-state index is 0.142. The second kappa shape index (κ2) is 5.63. The van der Waals surface area contributed by atoms with Gasteiger partial charge in [-0.2, -0.15) is 0 Å². The van der Waals surface area contributed by atoms with Crippen LogP contribution < -0.4 is 5.32 Å². The number of hydrogen-bond donors (Lipinski definition) is 1. The summed E-state index contributed by atoms with van der Waals surface area (Å²) in [5.41, 5.74) is 0. The number of nitrogens with one attached hydrogen (secondary N) is 1. The number of hydrogen-bond acceptors (Lipinski definition) is 3. The fourth-order valence-corrected chi connectivity index (χ4v) is 3.80. The van der Waals surface area contributed by atoms with E-state index in [1.165, 1.54) is 35.4 Å². The van der Waals surface area contributed by atoms with E-state index in [1.54, 1.807) is 11.3 Å². The highest BCUT2D eigenvalue weighted by Gasteiger charge is 2.40. The Morgan fingerprint density at radius 2 is 2.16 bits per heavy atom. The van der Waals surface area contributed by atoms with Crippen molar-refractivity contribution in [2.45, 2.75) is 45.2 Å². The highest BCUT2D eigenvalue weighted by molar-refractivity contribution is 7.11. The van der Waals surface area contributed by atoms with Crippen LogP contribution in [0.25, 0.3) is 0 Å². The zero-order valence-electron chi connectivity index (χ0n) is 11.5. The summed E-state index contributed by atoms with van der Waals surface area (Å²) in [5.74, 6) is 0.860. The summed E-state index contributed by atoms with van der Waals surface area (Å²) in [7, 11) is 0. The van der Waals surface area contributed by atoms with E-state index in [0.29, 0.717) is 12.5 Å². The van der Waals surface area contributed by atoms with Crippen molar-refractivity contribution in [3.05, 3.63) is 21.9 Å². The van der Waals surface area contributed by atoms with Crippen LogP contribution in [-0.2, 0) is 11.3 Å². The second-order valence-electron chi connectivity index (χ2n) is 5.76. The second-order valence-corrected chi connectivity index (χ2v) is 7.13. The lowest BCUT2D eigenvalue weighted by atomic mass is 10.1. The van der Waals surface area contributed by atoms with Crippen LogP contribution in [0.3, 0.4) is 0 Å². The monoisotopic (exact) mass is 278 g/mol. The topological polar surface area (TPSA) is 32.3 Å². The predicted octanol–water partition coefficient (Wildman–Crippen LogP) is 2.55. The van der Waals surface area contributed by atoms with E-state index in [1.807, 2.05) is 0 Å². The minimum Gasteiger partial charge on any atom is -0.350 e. The molecule has 1 atom stereocenters. The molecule has 104 valence electrons. The third-order valence-corrected chi connectivity index (χ3v) is 5.10. The molecule has 0 bridgehead atoms. The van der Waals surface area contributed by atoms with Crippen molar-refractivity contribution in [3.63, 3.8) is 0 Å². The standard InChI is InChI=1S/C15H22N2OS/c1-11-4-7-13(19-11)10-16-15(18)14(12-5-6-12)17-8-2-3-9-17/h4,7,12,14H,2-3,5-6,8-10H2,1H3,(H,16,18)/t14-/m1/s1. The number of carbonyl (C=O) groups excluding carboxylic acids is 1. The van der Waals surface area contributed by atoms with Gasteiger partial charge >= 0.3 is 0 Å². The minimum absolute atomic E-state index is 0.142. The van der Waals surface area contributed by atoms with Crippen molar-refractivity contribution in [1.29, 1.82) is 0 Å². The normalized spacial score (nSPS) is 21.5. The van der Waals surface area contributed by atoms with Crippen LogP contribution >= 0.6 is 11.3 Å². The summed E-state index contributed by atoms with van der Waals surface area (Å²) in [6, 6.07) is 4.37. The summed E-state index contributed by atoms with van der Waals surface area (Å²) >= 11 is 1.77. The van der Waals surface area contributed by atoms with Crippen molar-refractivity contribution < 1.29 is 4.79 Å². The Kier molecular flexibility index (Phi) is 3.89. The Hall–Kier alpha value is -0.870. The van der Waals surface area contributed by atoms with E-state index in [-0.39, 0.29) is 11.9 Å². The number of likely N-dealkylation sites (tertiary alicyclic amines) is 1. The Labute approximate surface area is 119 Å². The number of carbonyl (C=O) groups is 1. The van der Waals surface area contributed by atoms with E-state index >= 15 is 0 Å². The lowest BCUT2D eigenvalue weighted by molar-refractivity contribution is -0.127. The maximum absolute atomic E-state index is 12.4. The van der Waals surface area contributed by atoms with E-state index in [0.717, 1.165) is 13.1 Å². The molecule has 1 aromatic rings. The average Bonchev–Trinajstić information content (AvgIpc) is 2.89. The van der Waals surface area contributed by atoms with Gasteiger partial charge in [-0.3, -0.25) is 9.69 Å². The number of amides is 1. The van der Waals surface area contributed by atoms with E-state index in [9.17, 15) is 4.79 Å². The van der Waals surface area contributed by atoms with Gasteiger partial charge in [-0.15, -0.1) is 11.3 Å². The fourth-order valence-electron chi connectivity index (χ4n) is 2.97. The molecule has 0 unspecified atom stereocenters. The molecule has 3 nitrogen and oxygen atoms in total. The molecule has 1 aliphatic carbocycles. The SMILES string of the molecule is Cc1ccc(CNC(=O)[C@@H](C2CC2)N2CCCC2)s1. The first kappa shape index (κ1) is 13.1. The Balaban J connectivity index is 1.57. The first-order valence-corrected chi connectivity index (χ1v) is 8.13. The maximum atomic E-state index is 12.4. The van der Waals surface area contributed by atoms with E-state index < -0.39 is 0 Å². The Bertz CT molecular complexity index is 447. The van der Waals surface area contributed by atoms with Gasteiger partial charge in [-0.05, 0) is 63.7 Å². The van der Waals surface area contributed by atoms with Gasteiger partial charge in [0.05, 0.1) is 12.6 Å². The third-order valence-electron chi connectivity index (χ3n) is 4.10. The van der Waals surface area contributed by atoms with E-state index in [4.69, 9.17) is 0 Å². The largest absolute Gasteiger partial charge is 0.350 e. The first-order valence-electron chi connectivity index (χ1n) is 7.31. The van der Waals surface area contributed by atoms with Gasteiger partial charge in [0.15, 0.2) is 0 Å². The number of rotatable bonds is 5. The lowest BCUT2D eigenvalue weighted by Crippen LogP contribution is -2.46. The Morgan fingerprint density at radius 3 is 2.74 bits per heavy atom. The molecule has 4 heteroatoms. The fraction of sp³-hybridized carbons (Fsp3) is 0.667. The molecular weight excluding hydrogens is 256 g/mol. The van der Waals surface area contributed by atoms with Gasteiger partial charge in [0.2, 0.25) is 5.91 Å². The summed E-state index contributed by atoms with van der Waals surface area (Å²) in [6.45, 7) is 5.00.